The standard InChI is InChI=1S/C21H21N3O2/c1-22-17-9-5-4-8-16(17)21(25)23(2)20(22)15-12-13-24(14-15)18-10-6-7-11-19(18)26-3/h4-14,20H,1-3H3. The molecular formula is C21H21N3O2. The summed E-state index contributed by atoms with van der Waals surface area (Å²) in [5.41, 5.74) is 3.70. The first-order valence-corrected chi connectivity index (χ1v) is 8.52. The summed E-state index contributed by atoms with van der Waals surface area (Å²) < 4.78 is 7.49. The number of para-hydroxylation sites is 3. The van der Waals surface area contributed by atoms with E-state index < -0.39 is 0 Å². The molecule has 1 aliphatic heterocycles. The molecule has 0 fully saturated rings. The Morgan fingerprint density at radius 2 is 1.58 bits per heavy atom. The number of methoxy groups -OCH3 is 1. The molecule has 3 aromatic rings. The number of aromatic nitrogens is 1. The van der Waals surface area contributed by atoms with Gasteiger partial charge in [0.05, 0.1) is 24.0 Å². The van der Waals surface area contributed by atoms with Gasteiger partial charge in [0.25, 0.3) is 5.91 Å². The number of carbonyl (C=O) groups excluding carboxylic acids is 1. The van der Waals surface area contributed by atoms with E-state index in [-0.39, 0.29) is 12.1 Å². The van der Waals surface area contributed by atoms with Crippen molar-refractivity contribution in [3.05, 3.63) is 78.1 Å². The third-order valence-corrected chi connectivity index (χ3v) is 4.95. The summed E-state index contributed by atoms with van der Waals surface area (Å²) in [5.74, 6) is 0.843. The Bertz CT molecular complexity index is 963. The highest BCUT2D eigenvalue weighted by Crippen LogP contribution is 2.37. The molecule has 4 rings (SSSR count). The van der Waals surface area contributed by atoms with E-state index in [0.29, 0.717) is 0 Å². The number of anilines is 1. The second-order valence-corrected chi connectivity index (χ2v) is 6.44. The average Bonchev–Trinajstić information content (AvgIpc) is 3.16. The zero-order valence-corrected chi connectivity index (χ0v) is 15.1. The number of hydrogen-bond donors (Lipinski definition) is 0. The Balaban J connectivity index is 1.75. The van der Waals surface area contributed by atoms with Crippen molar-refractivity contribution < 1.29 is 9.53 Å². The predicted octanol–water partition coefficient (Wildman–Crippen LogP) is 3.71. The zero-order chi connectivity index (χ0) is 18.3. The zero-order valence-electron chi connectivity index (χ0n) is 15.1. The van der Waals surface area contributed by atoms with Crippen molar-refractivity contribution in [3.8, 4) is 11.4 Å². The monoisotopic (exact) mass is 347 g/mol. The maximum Gasteiger partial charge on any atom is 0.257 e. The van der Waals surface area contributed by atoms with E-state index in [1.807, 2.05) is 79.5 Å². The van der Waals surface area contributed by atoms with Crippen LogP contribution in [0.2, 0.25) is 0 Å². The van der Waals surface area contributed by atoms with Crippen molar-refractivity contribution in [1.29, 1.82) is 0 Å². The molecule has 0 aliphatic carbocycles. The van der Waals surface area contributed by atoms with Crippen LogP contribution >= 0.6 is 0 Å². The first-order chi connectivity index (χ1) is 12.6. The Kier molecular flexibility index (Phi) is 3.92. The highest BCUT2D eigenvalue weighted by Gasteiger charge is 2.34. The molecular weight excluding hydrogens is 326 g/mol. The van der Waals surface area contributed by atoms with Crippen LogP contribution in [0.5, 0.6) is 5.75 Å². The van der Waals surface area contributed by atoms with Gasteiger partial charge in [0.2, 0.25) is 0 Å². The van der Waals surface area contributed by atoms with Crippen LogP contribution in [-0.2, 0) is 0 Å². The van der Waals surface area contributed by atoms with E-state index >= 15 is 0 Å². The van der Waals surface area contributed by atoms with E-state index in [2.05, 4.69) is 11.1 Å². The summed E-state index contributed by atoms with van der Waals surface area (Å²) in [7, 11) is 5.54. The minimum absolute atomic E-state index is 0.0359. The van der Waals surface area contributed by atoms with E-state index in [9.17, 15) is 4.79 Å². The Hall–Kier alpha value is -3.21. The van der Waals surface area contributed by atoms with Crippen LogP contribution in [0.1, 0.15) is 22.1 Å². The van der Waals surface area contributed by atoms with E-state index in [1.54, 1.807) is 12.0 Å². The molecule has 132 valence electrons. The molecule has 26 heavy (non-hydrogen) atoms. The third-order valence-electron chi connectivity index (χ3n) is 4.95. The van der Waals surface area contributed by atoms with E-state index in [4.69, 9.17) is 4.74 Å². The summed E-state index contributed by atoms with van der Waals surface area (Å²) in [6.45, 7) is 0. The number of hydrogen-bond acceptors (Lipinski definition) is 3. The highest BCUT2D eigenvalue weighted by atomic mass is 16.5. The molecule has 0 saturated heterocycles. The molecule has 1 atom stereocenters. The minimum atomic E-state index is -0.159. The van der Waals surface area contributed by atoms with Crippen LogP contribution in [0.25, 0.3) is 5.69 Å². The fourth-order valence-electron chi connectivity index (χ4n) is 3.66. The second kappa shape index (κ2) is 6.26. The van der Waals surface area contributed by atoms with Gasteiger partial charge in [-0.1, -0.05) is 24.3 Å². The minimum Gasteiger partial charge on any atom is -0.495 e. The lowest BCUT2D eigenvalue weighted by atomic mass is 10.0. The quantitative estimate of drug-likeness (QED) is 0.725. The molecule has 1 amide bonds. The molecule has 1 aliphatic rings. The van der Waals surface area contributed by atoms with Gasteiger partial charge in [0, 0.05) is 32.1 Å². The number of ether oxygens (including phenoxy) is 1. The number of nitrogens with zero attached hydrogens (tertiary/aromatic N) is 3. The predicted molar refractivity (Wildman–Crippen MR) is 102 cm³/mol. The first kappa shape index (κ1) is 16.3. The molecule has 0 bridgehead atoms. The summed E-state index contributed by atoms with van der Waals surface area (Å²) in [6.07, 6.45) is 3.89. The maximum absolute atomic E-state index is 12.8. The smallest absolute Gasteiger partial charge is 0.257 e. The Morgan fingerprint density at radius 1 is 0.885 bits per heavy atom. The van der Waals surface area contributed by atoms with Crippen LogP contribution in [0.15, 0.2) is 67.0 Å². The fraction of sp³-hybridized carbons (Fsp3) is 0.190. The van der Waals surface area contributed by atoms with Crippen LogP contribution in [0.3, 0.4) is 0 Å². The summed E-state index contributed by atoms with van der Waals surface area (Å²) in [4.78, 5) is 16.7. The normalized spacial score (nSPS) is 16.6. The van der Waals surface area contributed by atoms with Gasteiger partial charge in [0.15, 0.2) is 0 Å². The Labute approximate surface area is 153 Å². The molecule has 0 spiro atoms. The van der Waals surface area contributed by atoms with Crippen molar-refractivity contribution in [3.63, 3.8) is 0 Å². The summed E-state index contributed by atoms with van der Waals surface area (Å²) >= 11 is 0. The van der Waals surface area contributed by atoms with Gasteiger partial charge in [-0.2, -0.15) is 0 Å². The number of fused-ring (bicyclic) bond motifs is 1. The average molecular weight is 347 g/mol. The molecule has 1 unspecified atom stereocenters. The fourth-order valence-corrected chi connectivity index (χ4v) is 3.66. The lowest BCUT2D eigenvalue weighted by Crippen LogP contribution is -2.45. The van der Waals surface area contributed by atoms with Gasteiger partial charge < -0.3 is 19.1 Å². The van der Waals surface area contributed by atoms with Gasteiger partial charge in [-0.25, -0.2) is 0 Å². The van der Waals surface area contributed by atoms with E-state index in [1.165, 1.54) is 0 Å². The van der Waals surface area contributed by atoms with Gasteiger partial charge in [-0.05, 0) is 30.3 Å². The third kappa shape index (κ3) is 2.44. The largest absolute Gasteiger partial charge is 0.495 e. The van der Waals surface area contributed by atoms with Gasteiger partial charge in [0.1, 0.15) is 11.9 Å². The van der Waals surface area contributed by atoms with Crippen molar-refractivity contribution >= 4 is 11.6 Å². The van der Waals surface area contributed by atoms with Crippen molar-refractivity contribution in [2.24, 2.45) is 0 Å². The first-order valence-electron chi connectivity index (χ1n) is 8.52. The number of carbonyl (C=O) groups is 1. The number of rotatable bonds is 3. The molecule has 5 heteroatoms. The SMILES string of the molecule is COc1ccccc1-n1ccc(C2N(C)C(=O)c3ccccc3N2C)c1. The second-order valence-electron chi connectivity index (χ2n) is 6.44. The van der Waals surface area contributed by atoms with Gasteiger partial charge >= 0.3 is 0 Å². The summed E-state index contributed by atoms with van der Waals surface area (Å²) in [5, 5.41) is 0. The van der Waals surface area contributed by atoms with Crippen LogP contribution in [0.4, 0.5) is 5.69 Å². The lowest BCUT2D eigenvalue weighted by molar-refractivity contribution is 0.0711. The van der Waals surface area contributed by atoms with Crippen molar-refractivity contribution in [1.82, 2.24) is 9.47 Å². The number of amides is 1. The maximum atomic E-state index is 12.8. The lowest BCUT2D eigenvalue weighted by Gasteiger charge is -2.41. The molecule has 0 saturated carbocycles. The van der Waals surface area contributed by atoms with Crippen LogP contribution in [0, 0.1) is 0 Å². The highest BCUT2D eigenvalue weighted by molar-refractivity contribution is 6.01. The van der Waals surface area contributed by atoms with Crippen molar-refractivity contribution in [2.45, 2.75) is 6.17 Å². The van der Waals surface area contributed by atoms with Crippen LogP contribution < -0.4 is 9.64 Å². The van der Waals surface area contributed by atoms with Gasteiger partial charge in [-0.15, -0.1) is 0 Å². The number of benzene rings is 2. The van der Waals surface area contributed by atoms with E-state index in [0.717, 1.165) is 28.3 Å². The Morgan fingerprint density at radius 3 is 2.35 bits per heavy atom. The summed E-state index contributed by atoms with van der Waals surface area (Å²) in [6, 6.07) is 17.7. The molecule has 2 aromatic carbocycles. The molecule has 0 radical (unpaired) electrons. The molecule has 5 nitrogen and oxygen atoms in total. The molecule has 1 aromatic heterocycles. The van der Waals surface area contributed by atoms with Gasteiger partial charge in [-0.3, -0.25) is 4.79 Å². The topological polar surface area (TPSA) is 37.7 Å². The van der Waals surface area contributed by atoms with Crippen molar-refractivity contribution in [2.75, 3.05) is 26.1 Å². The molecule has 0 N–H and O–H groups in total. The molecule has 2 heterocycles. The van der Waals surface area contributed by atoms with Crippen LogP contribution in [-0.4, -0.2) is 36.6 Å².